The van der Waals surface area contributed by atoms with Crippen molar-refractivity contribution in [2.45, 2.75) is 31.7 Å². The van der Waals surface area contributed by atoms with Crippen LogP contribution < -0.4 is 15.6 Å². The predicted molar refractivity (Wildman–Crippen MR) is 122 cm³/mol. The molecule has 1 fully saturated rings. The highest BCUT2D eigenvalue weighted by Crippen LogP contribution is 2.17. The molecule has 0 spiro atoms. The Morgan fingerprint density at radius 3 is 2.50 bits per heavy atom. The van der Waals surface area contributed by atoms with Gasteiger partial charge in [0.15, 0.2) is 0 Å². The molecule has 0 aliphatic carbocycles. The molecule has 1 saturated heterocycles. The highest BCUT2D eigenvalue weighted by Gasteiger charge is 2.35. The maximum absolute atomic E-state index is 11.9. The smallest absolute Gasteiger partial charge is 0.421 e. The number of ether oxygens (including phenoxy) is 1. The van der Waals surface area contributed by atoms with E-state index >= 15 is 0 Å². The molecule has 0 unspecified atom stereocenters. The second-order valence-corrected chi connectivity index (χ2v) is 8.17. The van der Waals surface area contributed by atoms with E-state index in [1.807, 2.05) is 54.6 Å². The Labute approximate surface area is 189 Å². The van der Waals surface area contributed by atoms with Gasteiger partial charge in [0.05, 0.1) is 7.11 Å². The maximum Gasteiger partial charge on any atom is 0.421 e. The number of nitrogens with zero attached hydrogens (tertiary/aromatic N) is 2. The van der Waals surface area contributed by atoms with Gasteiger partial charge >= 0.3 is 12.5 Å². The van der Waals surface area contributed by atoms with Crippen LogP contribution in [0, 0.1) is 0 Å². The zero-order chi connectivity index (χ0) is 22.8. The summed E-state index contributed by atoms with van der Waals surface area (Å²) in [5.74, 6) is 0.823. The minimum Gasteiger partial charge on any atom is -0.497 e. The van der Waals surface area contributed by atoms with Crippen molar-refractivity contribution in [1.29, 1.82) is 0 Å². The summed E-state index contributed by atoms with van der Waals surface area (Å²) >= 11 is 0. The van der Waals surface area contributed by atoms with Crippen LogP contribution >= 0.6 is 0 Å². The van der Waals surface area contributed by atoms with Crippen molar-refractivity contribution in [1.82, 2.24) is 15.9 Å². The molecule has 32 heavy (non-hydrogen) atoms. The van der Waals surface area contributed by atoms with Crippen LogP contribution in [0.15, 0.2) is 54.6 Å². The average Bonchev–Trinajstić information content (AvgIpc) is 2.83. The topological polar surface area (TPSA) is 90.9 Å². The average molecular weight is 442 g/mol. The zero-order valence-corrected chi connectivity index (χ0v) is 18.6. The molecular weight excluding hydrogens is 408 g/mol. The Bertz CT molecular complexity index is 869. The van der Waals surface area contributed by atoms with Crippen molar-refractivity contribution in [3.8, 4) is 5.75 Å². The molecule has 0 radical (unpaired) electrons. The molecule has 1 aliphatic rings. The van der Waals surface area contributed by atoms with E-state index in [0.717, 1.165) is 29.7 Å². The summed E-state index contributed by atoms with van der Waals surface area (Å²) in [6, 6.07) is 17.8. The van der Waals surface area contributed by atoms with Crippen LogP contribution in [0.5, 0.6) is 5.75 Å². The maximum atomic E-state index is 11.9. The number of carbonyl (C=O) groups is 2. The molecule has 3 N–H and O–H groups in total. The van der Waals surface area contributed by atoms with Crippen molar-refractivity contribution in [2.75, 3.05) is 33.3 Å². The molecule has 1 aliphatic heterocycles. The van der Waals surface area contributed by atoms with Gasteiger partial charge in [-0.1, -0.05) is 42.5 Å². The van der Waals surface area contributed by atoms with E-state index in [0.29, 0.717) is 45.4 Å². The van der Waals surface area contributed by atoms with Crippen LogP contribution in [0.2, 0.25) is 0 Å². The second kappa shape index (κ2) is 11.6. The number of piperidine rings is 1. The lowest BCUT2D eigenvalue weighted by Gasteiger charge is -2.39. The van der Waals surface area contributed by atoms with E-state index in [1.165, 1.54) is 5.01 Å². The number of benzene rings is 2. The highest BCUT2D eigenvalue weighted by molar-refractivity contribution is 5.64. The number of rotatable bonds is 11. The number of hydrogen-bond donors (Lipinski definition) is 3. The van der Waals surface area contributed by atoms with Gasteiger partial charge in [0, 0.05) is 32.0 Å². The number of methoxy groups -OCH3 is 1. The van der Waals surface area contributed by atoms with Gasteiger partial charge < -0.3 is 9.84 Å². The van der Waals surface area contributed by atoms with Crippen LogP contribution in [0.3, 0.4) is 0 Å². The van der Waals surface area contributed by atoms with Crippen molar-refractivity contribution in [3.05, 3.63) is 65.7 Å². The molecule has 3 rings (SSSR count). The monoisotopic (exact) mass is 441 g/mol. The van der Waals surface area contributed by atoms with Crippen LogP contribution in [0.25, 0.3) is 0 Å². The molecule has 8 nitrogen and oxygen atoms in total. The lowest BCUT2D eigenvalue weighted by atomic mass is 10.1. The van der Waals surface area contributed by atoms with Crippen LogP contribution in [0.4, 0.5) is 4.79 Å². The van der Waals surface area contributed by atoms with Gasteiger partial charge in [-0.3, -0.25) is 0 Å². The molecular formula is C24H33N4O4+. The normalized spacial score (nSPS) is 20.5. The first-order chi connectivity index (χ1) is 15.5. The molecule has 1 heterocycles. The van der Waals surface area contributed by atoms with Gasteiger partial charge in [0.2, 0.25) is 0 Å². The van der Waals surface area contributed by atoms with Gasteiger partial charge in [0.1, 0.15) is 18.8 Å². The summed E-state index contributed by atoms with van der Waals surface area (Å²) in [5, 5.41) is 10.8. The third kappa shape index (κ3) is 6.78. The van der Waals surface area contributed by atoms with E-state index in [2.05, 4.69) is 10.9 Å². The number of nitrogens with one attached hydrogen (secondary N) is 2. The van der Waals surface area contributed by atoms with Crippen LogP contribution in [-0.4, -0.2) is 66.5 Å². The van der Waals surface area contributed by atoms with Crippen molar-refractivity contribution >= 4 is 12.5 Å². The van der Waals surface area contributed by atoms with E-state index < -0.39 is 6.09 Å². The van der Waals surface area contributed by atoms with Gasteiger partial charge in [0.25, 0.3) is 0 Å². The van der Waals surface area contributed by atoms with Crippen LogP contribution in [-0.2, 0) is 17.6 Å². The molecule has 0 atom stereocenters. The molecule has 2 aromatic carbocycles. The standard InChI is InChI=1S/C24H32N4O4/c1-32-23-9-5-8-21(18-23)10-14-25-28(19-29)16-12-22(13-17-28)26-27(24(30)31)15-11-20-6-3-2-4-7-20/h2-9,18-19,22,25-26H,10-17H2,1H3/p+1. The summed E-state index contributed by atoms with van der Waals surface area (Å²) in [7, 11) is 1.65. The third-order valence-corrected chi connectivity index (χ3v) is 5.97. The fourth-order valence-electron chi connectivity index (χ4n) is 4.03. The van der Waals surface area contributed by atoms with Crippen molar-refractivity contribution < 1.29 is 24.0 Å². The minimum absolute atomic E-state index is 0.0215. The Morgan fingerprint density at radius 2 is 1.84 bits per heavy atom. The van der Waals surface area contributed by atoms with Gasteiger partial charge in [-0.15, -0.1) is 0 Å². The zero-order valence-electron chi connectivity index (χ0n) is 18.6. The Morgan fingerprint density at radius 1 is 1.12 bits per heavy atom. The predicted octanol–water partition coefficient (Wildman–Crippen LogP) is 2.61. The Balaban J connectivity index is 1.46. The molecule has 172 valence electrons. The SMILES string of the molecule is COc1cccc(CCN[N+]2(C=O)CCC(NN(CCc3ccccc3)C(=O)O)CC2)c1. The molecule has 0 bridgehead atoms. The van der Waals surface area contributed by atoms with E-state index in [9.17, 15) is 14.7 Å². The third-order valence-electron chi connectivity index (χ3n) is 5.97. The fourth-order valence-corrected chi connectivity index (χ4v) is 4.03. The van der Waals surface area contributed by atoms with E-state index in [4.69, 9.17) is 4.74 Å². The number of likely N-dealkylation sites (tertiary alicyclic amines) is 1. The highest BCUT2D eigenvalue weighted by atomic mass is 16.5. The van der Waals surface area contributed by atoms with E-state index in [1.54, 1.807) is 7.11 Å². The molecule has 2 amide bonds. The Kier molecular flexibility index (Phi) is 8.61. The fraction of sp³-hybridized carbons (Fsp3) is 0.417. The molecule has 0 aromatic heterocycles. The lowest BCUT2D eigenvalue weighted by Crippen LogP contribution is -2.64. The summed E-state index contributed by atoms with van der Waals surface area (Å²) in [6.07, 6.45) is 2.83. The van der Waals surface area contributed by atoms with Gasteiger partial charge in [-0.2, -0.15) is 10.0 Å². The van der Waals surface area contributed by atoms with Gasteiger partial charge in [-0.25, -0.2) is 20.0 Å². The van der Waals surface area contributed by atoms with Crippen LogP contribution in [0.1, 0.15) is 24.0 Å². The Hall–Kier alpha value is -2.94. The summed E-state index contributed by atoms with van der Waals surface area (Å²) < 4.78 is 5.46. The number of hydrogen-bond acceptors (Lipinski definition) is 5. The number of carbonyl (C=O) groups excluding carboxylic acids is 1. The van der Waals surface area contributed by atoms with Crippen molar-refractivity contribution in [3.63, 3.8) is 0 Å². The first kappa shape index (κ1) is 23.7. The molecule has 0 saturated carbocycles. The molecule has 8 heteroatoms. The number of hydrazine groups is 1. The first-order valence-corrected chi connectivity index (χ1v) is 11.1. The number of carboxylic acid groups (broad SMARTS) is 1. The minimum atomic E-state index is -0.987. The lowest BCUT2D eigenvalue weighted by molar-refractivity contribution is -0.895. The van der Waals surface area contributed by atoms with Crippen molar-refractivity contribution in [2.24, 2.45) is 0 Å². The summed E-state index contributed by atoms with van der Waals surface area (Å²) in [5.41, 5.74) is 8.78. The number of amides is 2. The summed E-state index contributed by atoms with van der Waals surface area (Å²) in [6.45, 7) is 2.28. The number of quaternary nitrogens is 1. The quantitative estimate of drug-likeness (QED) is 0.282. The first-order valence-electron chi connectivity index (χ1n) is 11.1. The van der Waals surface area contributed by atoms with Gasteiger partial charge in [-0.05, 0) is 36.1 Å². The van der Waals surface area contributed by atoms with E-state index in [-0.39, 0.29) is 10.6 Å². The second-order valence-electron chi connectivity index (χ2n) is 8.17. The summed E-state index contributed by atoms with van der Waals surface area (Å²) in [4.78, 5) is 23.6. The molecule has 2 aromatic rings. The largest absolute Gasteiger partial charge is 0.497 e.